The molecule has 4 nitrogen and oxygen atoms in total. The third-order valence-corrected chi connectivity index (χ3v) is 2.57. The molecule has 0 aliphatic heterocycles. The molecule has 0 saturated heterocycles. The molecule has 0 spiro atoms. The molecule has 0 saturated carbocycles. The summed E-state index contributed by atoms with van der Waals surface area (Å²) in [6.45, 7) is 1.72. The van der Waals surface area contributed by atoms with Crippen molar-refractivity contribution in [2.75, 3.05) is 0 Å². The van der Waals surface area contributed by atoms with Gasteiger partial charge in [0.2, 0.25) is 5.88 Å². The highest BCUT2D eigenvalue weighted by molar-refractivity contribution is 6.30. The van der Waals surface area contributed by atoms with Crippen molar-refractivity contribution in [3.05, 3.63) is 53.2 Å². The molecule has 2 aromatic rings. The number of hydrogen-bond donors (Lipinski definition) is 1. The van der Waals surface area contributed by atoms with E-state index >= 15 is 0 Å². The SMILES string of the molecule is C/C(=N/O)c1ccc(Oc2ccc(Cl)cn2)cc1. The second-order valence-electron chi connectivity index (χ2n) is 3.63. The van der Waals surface area contributed by atoms with Crippen molar-refractivity contribution in [3.63, 3.8) is 0 Å². The van der Waals surface area contributed by atoms with Crippen LogP contribution in [-0.4, -0.2) is 15.9 Å². The zero-order valence-electron chi connectivity index (χ0n) is 9.67. The third kappa shape index (κ3) is 2.99. The molecular formula is C13H11ClN2O2. The van der Waals surface area contributed by atoms with Gasteiger partial charge in [0.1, 0.15) is 5.75 Å². The van der Waals surface area contributed by atoms with E-state index in [4.69, 9.17) is 21.5 Å². The molecule has 1 heterocycles. The zero-order valence-corrected chi connectivity index (χ0v) is 10.4. The van der Waals surface area contributed by atoms with Gasteiger partial charge >= 0.3 is 0 Å². The Morgan fingerprint density at radius 3 is 2.50 bits per heavy atom. The van der Waals surface area contributed by atoms with Crippen LogP contribution in [0.25, 0.3) is 0 Å². The van der Waals surface area contributed by atoms with Crippen molar-refractivity contribution in [1.82, 2.24) is 4.98 Å². The van der Waals surface area contributed by atoms with E-state index in [0.29, 0.717) is 22.4 Å². The Labute approximate surface area is 109 Å². The van der Waals surface area contributed by atoms with E-state index in [1.54, 1.807) is 43.3 Å². The minimum absolute atomic E-state index is 0.472. The first-order valence-electron chi connectivity index (χ1n) is 5.27. The van der Waals surface area contributed by atoms with E-state index in [1.807, 2.05) is 0 Å². The predicted molar refractivity (Wildman–Crippen MR) is 69.8 cm³/mol. The van der Waals surface area contributed by atoms with E-state index in [2.05, 4.69) is 10.1 Å². The van der Waals surface area contributed by atoms with Gasteiger partial charge in [0.25, 0.3) is 0 Å². The summed E-state index contributed by atoms with van der Waals surface area (Å²) in [6, 6.07) is 10.6. The molecule has 92 valence electrons. The molecule has 0 amide bonds. The standard InChI is InChI=1S/C13H11ClN2O2/c1-9(16-17)10-2-5-12(6-3-10)18-13-7-4-11(14)8-15-13/h2-8,17H,1H3/b16-9-. The number of halogens is 1. The van der Waals surface area contributed by atoms with Gasteiger partial charge in [-0.25, -0.2) is 4.98 Å². The van der Waals surface area contributed by atoms with Gasteiger partial charge in [-0.15, -0.1) is 0 Å². The van der Waals surface area contributed by atoms with Crippen molar-refractivity contribution in [2.45, 2.75) is 6.92 Å². The Balaban J connectivity index is 2.13. The highest BCUT2D eigenvalue weighted by Gasteiger charge is 2.01. The van der Waals surface area contributed by atoms with Crippen LogP contribution >= 0.6 is 11.6 Å². The average Bonchev–Trinajstić information content (AvgIpc) is 2.41. The molecule has 0 aliphatic carbocycles. The van der Waals surface area contributed by atoms with E-state index in [-0.39, 0.29) is 0 Å². The summed E-state index contributed by atoms with van der Waals surface area (Å²) in [5, 5.41) is 12.3. The number of ether oxygens (including phenoxy) is 1. The fourth-order valence-electron chi connectivity index (χ4n) is 1.37. The molecule has 0 fully saturated rings. The largest absolute Gasteiger partial charge is 0.439 e. The number of hydrogen-bond acceptors (Lipinski definition) is 4. The van der Waals surface area contributed by atoms with Crippen LogP contribution < -0.4 is 4.74 Å². The van der Waals surface area contributed by atoms with Gasteiger partial charge in [-0.05, 0) is 42.8 Å². The second-order valence-corrected chi connectivity index (χ2v) is 4.06. The van der Waals surface area contributed by atoms with Gasteiger partial charge in [-0.3, -0.25) is 0 Å². The lowest BCUT2D eigenvalue weighted by atomic mass is 10.1. The fraction of sp³-hybridized carbons (Fsp3) is 0.0769. The van der Waals surface area contributed by atoms with E-state index in [9.17, 15) is 0 Å². The predicted octanol–water partition coefficient (Wildman–Crippen LogP) is 3.73. The topological polar surface area (TPSA) is 54.7 Å². The summed E-state index contributed by atoms with van der Waals surface area (Å²) < 4.78 is 5.53. The van der Waals surface area contributed by atoms with E-state index in [1.165, 1.54) is 6.20 Å². The van der Waals surface area contributed by atoms with Crippen molar-refractivity contribution in [3.8, 4) is 11.6 Å². The molecule has 0 bridgehead atoms. The Morgan fingerprint density at radius 1 is 1.22 bits per heavy atom. The van der Waals surface area contributed by atoms with Crippen molar-refractivity contribution in [1.29, 1.82) is 0 Å². The summed E-state index contributed by atoms with van der Waals surface area (Å²) in [4.78, 5) is 4.03. The van der Waals surface area contributed by atoms with Gasteiger partial charge in [-0.2, -0.15) is 0 Å². The van der Waals surface area contributed by atoms with Gasteiger partial charge in [-0.1, -0.05) is 16.8 Å². The zero-order chi connectivity index (χ0) is 13.0. The normalized spacial score (nSPS) is 11.3. The molecule has 1 aromatic heterocycles. The van der Waals surface area contributed by atoms with Crippen LogP contribution in [0.4, 0.5) is 0 Å². The minimum Gasteiger partial charge on any atom is -0.439 e. The number of nitrogens with zero attached hydrogens (tertiary/aromatic N) is 2. The number of oxime groups is 1. The maximum atomic E-state index is 8.65. The number of pyridine rings is 1. The number of rotatable bonds is 3. The van der Waals surface area contributed by atoms with E-state index < -0.39 is 0 Å². The third-order valence-electron chi connectivity index (χ3n) is 2.34. The lowest BCUT2D eigenvalue weighted by molar-refractivity contribution is 0.319. The first-order valence-corrected chi connectivity index (χ1v) is 5.65. The van der Waals surface area contributed by atoms with Crippen LogP contribution in [-0.2, 0) is 0 Å². The fourth-order valence-corrected chi connectivity index (χ4v) is 1.48. The highest BCUT2D eigenvalue weighted by atomic mass is 35.5. The quantitative estimate of drug-likeness (QED) is 0.521. The van der Waals surface area contributed by atoms with Gasteiger partial charge in [0, 0.05) is 12.3 Å². The Hall–Kier alpha value is -2.07. The Kier molecular flexibility index (Phi) is 3.79. The molecule has 1 aromatic carbocycles. The molecule has 0 atom stereocenters. The molecule has 0 aliphatic rings. The molecule has 0 unspecified atom stereocenters. The second kappa shape index (κ2) is 5.51. The summed E-state index contributed by atoms with van der Waals surface area (Å²) in [5.41, 5.74) is 1.38. The van der Waals surface area contributed by atoms with Gasteiger partial charge in [0.15, 0.2) is 0 Å². The Morgan fingerprint density at radius 2 is 1.94 bits per heavy atom. The smallest absolute Gasteiger partial charge is 0.219 e. The Bertz CT molecular complexity index is 550. The van der Waals surface area contributed by atoms with Crippen molar-refractivity contribution >= 4 is 17.3 Å². The van der Waals surface area contributed by atoms with E-state index in [0.717, 1.165) is 5.56 Å². The van der Waals surface area contributed by atoms with Crippen LogP contribution in [0.1, 0.15) is 12.5 Å². The van der Waals surface area contributed by atoms with Crippen molar-refractivity contribution in [2.24, 2.45) is 5.16 Å². The molecular weight excluding hydrogens is 252 g/mol. The summed E-state index contributed by atoms with van der Waals surface area (Å²) in [7, 11) is 0. The van der Waals surface area contributed by atoms with Crippen LogP contribution in [0.5, 0.6) is 11.6 Å². The molecule has 0 radical (unpaired) electrons. The van der Waals surface area contributed by atoms with Crippen LogP contribution in [0.15, 0.2) is 47.8 Å². The minimum atomic E-state index is 0.472. The molecule has 18 heavy (non-hydrogen) atoms. The molecule has 2 rings (SSSR count). The van der Waals surface area contributed by atoms with Crippen LogP contribution in [0, 0.1) is 0 Å². The number of aromatic nitrogens is 1. The number of benzene rings is 1. The maximum absolute atomic E-state index is 8.65. The summed E-state index contributed by atoms with van der Waals surface area (Å²) in [6.07, 6.45) is 1.52. The first kappa shape index (κ1) is 12.4. The van der Waals surface area contributed by atoms with Crippen LogP contribution in [0.3, 0.4) is 0 Å². The first-order chi connectivity index (χ1) is 8.69. The molecule has 1 N–H and O–H groups in total. The van der Waals surface area contributed by atoms with Gasteiger partial charge < -0.3 is 9.94 Å². The molecule has 5 heteroatoms. The summed E-state index contributed by atoms with van der Waals surface area (Å²) >= 11 is 5.73. The lowest BCUT2D eigenvalue weighted by Gasteiger charge is -2.05. The highest BCUT2D eigenvalue weighted by Crippen LogP contribution is 2.21. The monoisotopic (exact) mass is 262 g/mol. The van der Waals surface area contributed by atoms with Crippen molar-refractivity contribution < 1.29 is 9.94 Å². The maximum Gasteiger partial charge on any atom is 0.219 e. The average molecular weight is 263 g/mol. The lowest BCUT2D eigenvalue weighted by Crippen LogP contribution is -1.94. The van der Waals surface area contributed by atoms with Gasteiger partial charge in [0.05, 0.1) is 10.7 Å². The summed E-state index contributed by atoms with van der Waals surface area (Å²) in [5.74, 6) is 1.12. The van der Waals surface area contributed by atoms with Crippen LogP contribution in [0.2, 0.25) is 5.02 Å².